The second-order valence-corrected chi connectivity index (χ2v) is 10.2. The van der Waals surface area contributed by atoms with Crippen LogP contribution in [0.5, 0.6) is 0 Å². The fourth-order valence-electron chi connectivity index (χ4n) is 4.39. The van der Waals surface area contributed by atoms with Gasteiger partial charge in [0.2, 0.25) is 0 Å². The summed E-state index contributed by atoms with van der Waals surface area (Å²) in [5, 5.41) is 15.6. The lowest BCUT2D eigenvalue weighted by Crippen LogP contribution is -2.42. The van der Waals surface area contributed by atoms with Gasteiger partial charge in [-0.3, -0.25) is 9.59 Å². The van der Waals surface area contributed by atoms with Crippen LogP contribution in [0, 0.1) is 18.3 Å². The number of carbonyl (C=O) groups is 2. The predicted octanol–water partition coefficient (Wildman–Crippen LogP) is 6.95. The number of nitriles is 1. The monoisotopic (exact) mass is 553 g/mol. The Morgan fingerprint density at radius 1 is 1.00 bits per heavy atom. The highest BCUT2D eigenvalue weighted by Crippen LogP contribution is 2.27. The van der Waals surface area contributed by atoms with E-state index in [0.717, 1.165) is 11.3 Å². The molecule has 1 heterocycles. The Morgan fingerprint density at radius 3 is 2.40 bits per heavy atom. The molecular formula is C33H32ClN3O3. The Bertz CT molecular complexity index is 1520. The number of nitrogens with one attached hydrogen (secondary N) is 2. The van der Waals surface area contributed by atoms with Crippen LogP contribution in [-0.2, 0) is 17.8 Å². The van der Waals surface area contributed by atoms with E-state index in [2.05, 4.69) is 54.8 Å². The van der Waals surface area contributed by atoms with Crippen molar-refractivity contribution >= 4 is 23.3 Å². The third-order valence-electron chi connectivity index (χ3n) is 6.88. The molecule has 0 aliphatic rings. The van der Waals surface area contributed by atoms with Crippen LogP contribution in [0.3, 0.4) is 0 Å². The van der Waals surface area contributed by atoms with Gasteiger partial charge in [0.1, 0.15) is 11.5 Å². The van der Waals surface area contributed by atoms with Gasteiger partial charge in [0, 0.05) is 18.0 Å². The number of benzene rings is 3. The SMILES string of the molecule is CCC(=O)[C@@H](Cc1ccc(C#N)cc1)NC(=O)c1cc(-c2ccc(CN[C@H](C)c3ccc(C)cc3)o2)ccc1Cl. The first-order chi connectivity index (χ1) is 19.3. The number of hydrogen-bond donors (Lipinski definition) is 2. The van der Waals surface area contributed by atoms with E-state index in [1.165, 1.54) is 11.1 Å². The molecule has 204 valence electrons. The van der Waals surface area contributed by atoms with E-state index in [4.69, 9.17) is 21.3 Å². The van der Waals surface area contributed by atoms with Gasteiger partial charge in [0.25, 0.3) is 5.91 Å². The first-order valence-corrected chi connectivity index (χ1v) is 13.7. The molecule has 0 saturated heterocycles. The van der Waals surface area contributed by atoms with Gasteiger partial charge in [0.05, 0.1) is 34.8 Å². The summed E-state index contributed by atoms with van der Waals surface area (Å²) in [6.45, 7) is 6.49. The van der Waals surface area contributed by atoms with Crippen molar-refractivity contribution in [3.63, 3.8) is 0 Å². The highest BCUT2D eigenvalue weighted by atomic mass is 35.5. The van der Waals surface area contributed by atoms with E-state index in [-0.39, 0.29) is 28.8 Å². The number of Topliss-reactive ketones (excluding diaryl/α,β-unsaturated/α-hetero) is 1. The molecule has 3 aromatic carbocycles. The molecule has 0 aliphatic heterocycles. The lowest BCUT2D eigenvalue weighted by Gasteiger charge is -2.18. The number of halogens is 1. The average molecular weight is 554 g/mol. The van der Waals surface area contributed by atoms with Crippen LogP contribution < -0.4 is 10.6 Å². The molecule has 0 aliphatic carbocycles. The zero-order chi connectivity index (χ0) is 28.6. The minimum Gasteiger partial charge on any atom is -0.460 e. The van der Waals surface area contributed by atoms with Gasteiger partial charge in [-0.05, 0) is 73.9 Å². The van der Waals surface area contributed by atoms with Crippen LogP contribution in [-0.4, -0.2) is 17.7 Å². The van der Waals surface area contributed by atoms with Crippen LogP contribution in [0.2, 0.25) is 5.02 Å². The molecule has 2 N–H and O–H groups in total. The van der Waals surface area contributed by atoms with Crippen LogP contribution in [0.15, 0.2) is 83.3 Å². The first kappa shape index (κ1) is 28.8. The van der Waals surface area contributed by atoms with Crippen LogP contribution >= 0.6 is 11.6 Å². The van der Waals surface area contributed by atoms with Crippen molar-refractivity contribution in [1.82, 2.24) is 10.6 Å². The lowest BCUT2D eigenvalue weighted by atomic mass is 9.99. The number of aryl methyl sites for hydroxylation is 1. The molecule has 2 atom stereocenters. The average Bonchev–Trinajstić information content (AvgIpc) is 3.45. The summed E-state index contributed by atoms with van der Waals surface area (Å²) >= 11 is 6.41. The van der Waals surface area contributed by atoms with Crippen molar-refractivity contribution < 1.29 is 14.0 Å². The Morgan fingerprint density at radius 2 is 1.73 bits per heavy atom. The fourth-order valence-corrected chi connectivity index (χ4v) is 4.59. The summed E-state index contributed by atoms with van der Waals surface area (Å²) in [7, 11) is 0. The van der Waals surface area contributed by atoms with E-state index < -0.39 is 11.9 Å². The highest BCUT2D eigenvalue weighted by Gasteiger charge is 2.22. The molecule has 1 amide bonds. The number of ketones is 1. The maximum Gasteiger partial charge on any atom is 0.253 e. The van der Waals surface area contributed by atoms with E-state index >= 15 is 0 Å². The molecule has 4 rings (SSSR count). The van der Waals surface area contributed by atoms with Gasteiger partial charge < -0.3 is 15.1 Å². The minimum absolute atomic E-state index is 0.0898. The largest absolute Gasteiger partial charge is 0.460 e. The molecule has 4 aromatic rings. The van der Waals surface area contributed by atoms with Gasteiger partial charge in [-0.15, -0.1) is 0 Å². The summed E-state index contributed by atoms with van der Waals surface area (Å²) in [6.07, 6.45) is 0.595. The molecule has 6 nitrogen and oxygen atoms in total. The van der Waals surface area contributed by atoms with E-state index in [1.807, 2.05) is 12.1 Å². The third-order valence-corrected chi connectivity index (χ3v) is 7.21. The number of amides is 1. The van der Waals surface area contributed by atoms with Crippen molar-refractivity contribution in [3.8, 4) is 17.4 Å². The number of nitrogens with zero attached hydrogens (tertiary/aromatic N) is 1. The smallest absolute Gasteiger partial charge is 0.253 e. The van der Waals surface area contributed by atoms with Gasteiger partial charge in [0.15, 0.2) is 5.78 Å². The molecule has 0 unspecified atom stereocenters. The third kappa shape index (κ3) is 7.26. The number of rotatable bonds is 11. The maximum absolute atomic E-state index is 13.3. The second-order valence-electron chi connectivity index (χ2n) is 9.83. The normalized spacial score (nSPS) is 12.4. The Hall–Kier alpha value is -4.18. The van der Waals surface area contributed by atoms with Crippen molar-refractivity contribution in [2.75, 3.05) is 0 Å². The first-order valence-electron chi connectivity index (χ1n) is 13.3. The fraction of sp³-hybridized carbons (Fsp3) is 0.242. The number of carbonyl (C=O) groups excluding carboxylic acids is 2. The molecule has 7 heteroatoms. The second kappa shape index (κ2) is 13.3. The number of hydrogen-bond acceptors (Lipinski definition) is 5. The molecular weight excluding hydrogens is 522 g/mol. The molecule has 0 bridgehead atoms. The van der Waals surface area contributed by atoms with Crippen molar-refractivity contribution in [3.05, 3.63) is 117 Å². The molecule has 1 aromatic heterocycles. The van der Waals surface area contributed by atoms with Crippen molar-refractivity contribution in [2.45, 2.75) is 52.2 Å². The standard InChI is InChI=1S/C33H32ClN3O3/c1-4-31(38)30(17-23-7-9-24(19-35)10-8-23)37-33(39)28-18-26(13-15-29(28)34)32-16-14-27(40-32)20-36-22(3)25-11-5-21(2)6-12-25/h5-16,18,22,30,36H,4,17,20H2,1-3H3,(H,37,39)/t22-,30-/m1/s1. The predicted molar refractivity (Wildman–Crippen MR) is 157 cm³/mol. The van der Waals surface area contributed by atoms with Crippen LogP contribution in [0.25, 0.3) is 11.3 Å². The Kier molecular flexibility index (Phi) is 9.55. The summed E-state index contributed by atoms with van der Waals surface area (Å²) in [4.78, 5) is 26.0. The van der Waals surface area contributed by atoms with E-state index in [9.17, 15) is 9.59 Å². The van der Waals surface area contributed by atoms with E-state index in [1.54, 1.807) is 49.4 Å². The van der Waals surface area contributed by atoms with Gasteiger partial charge in [-0.25, -0.2) is 0 Å². The highest BCUT2D eigenvalue weighted by molar-refractivity contribution is 6.34. The molecule has 0 fully saturated rings. The van der Waals surface area contributed by atoms with Gasteiger partial charge >= 0.3 is 0 Å². The zero-order valence-corrected chi connectivity index (χ0v) is 23.6. The van der Waals surface area contributed by atoms with Crippen LogP contribution in [0.4, 0.5) is 0 Å². The molecule has 0 saturated carbocycles. The molecule has 40 heavy (non-hydrogen) atoms. The summed E-state index contributed by atoms with van der Waals surface area (Å²) < 4.78 is 6.07. The lowest BCUT2D eigenvalue weighted by molar-refractivity contribution is -0.120. The van der Waals surface area contributed by atoms with Crippen molar-refractivity contribution in [1.29, 1.82) is 5.26 Å². The summed E-state index contributed by atoms with van der Waals surface area (Å²) in [5.41, 5.74) is 4.77. The zero-order valence-electron chi connectivity index (χ0n) is 22.8. The van der Waals surface area contributed by atoms with Crippen LogP contribution in [0.1, 0.15) is 64.7 Å². The number of furan rings is 1. The Balaban J connectivity index is 1.45. The minimum atomic E-state index is -0.720. The molecule has 0 spiro atoms. The van der Waals surface area contributed by atoms with Gasteiger partial charge in [-0.2, -0.15) is 5.26 Å². The van der Waals surface area contributed by atoms with Gasteiger partial charge in [-0.1, -0.05) is 60.5 Å². The van der Waals surface area contributed by atoms with E-state index in [0.29, 0.717) is 29.9 Å². The maximum atomic E-state index is 13.3. The Labute approximate surface area is 240 Å². The topological polar surface area (TPSA) is 95.1 Å². The quantitative estimate of drug-likeness (QED) is 0.209. The molecule has 0 radical (unpaired) electrons. The summed E-state index contributed by atoms with van der Waals surface area (Å²) in [5.74, 6) is 0.857. The van der Waals surface area contributed by atoms with Crippen molar-refractivity contribution in [2.24, 2.45) is 0 Å². The summed E-state index contributed by atoms with van der Waals surface area (Å²) in [6, 6.07) is 25.8.